The molecule has 0 saturated carbocycles. The fourth-order valence-corrected chi connectivity index (χ4v) is 4.07. The molecule has 0 radical (unpaired) electrons. The second-order valence-corrected chi connectivity index (χ2v) is 9.40. The molecular weight excluding hydrogens is 348 g/mol. The zero-order valence-corrected chi connectivity index (χ0v) is 15.2. The van der Waals surface area contributed by atoms with Gasteiger partial charge in [-0.1, -0.05) is 18.2 Å². The lowest BCUT2D eigenvalue weighted by atomic mass is 9.98. The van der Waals surface area contributed by atoms with Crippen LogP contribution in [0.4, 0.5) is 8.78 Å². The number of fused-ring (bicyclic) bond motifs is 2. The van der Waals surface area contributed by atoms with Crippen molar-refractivity contribution in [2.75, 3.05) is 0 Å². The summed E-state index contributed by atoms with van der Waals surface area (Å²) < 4.78 is 44.4. The zero-order chi connectivity index (χ0) is 17.5. The summed E-state index contributed by atoms with van der Waals surface area (Å²) >= 11 is 1.43. The van der Waals surface area contributed by atoms with Crippen LogP contribution in [0.15, 0.2) is 45.7 Å². The molecule has 0 spiro atoms. The van der Waals surface area contributed by atoms with E-state index in [-0.39, 0.29) is 5.56 Å². The molecule has 24 heavy (non-hydrogen) atoms. The van der Waals surface area contributed by atoms with Crippen LogP contribution < -0.4 is 0 Å². The summed E-state index contributed by atoms with van der Waals surface area (Å²) in [5.74, 6) is -1.43. The van der Waals surface area contributed by atoms with Crippen LogP contribution in [0, 0.1) is 11.6 Å². The van der Waals surface area contributed by atoms with Crippen molar-refractivity contribution in [1.29, 1.82) is 0 Å². The molecule has 1 atom stereocenters. The summed E-state index contributed by atoms with van der Waals surface area (Å²) in [5, 5.41) is 0. The number of hydrogen-bond donors (Lipinski definition) is 0. The normalized spacial score (nSPS) is 17.1. The van der Waals surface area contributed by atoms with Crippen LogP contribution >= 0.6 is 11.8 Å². The molecule has 1 aliphatic heterocycles. The molecule has 6 heteroatoms. The van der Waals surface area contributed by atoms with E-state index in [1.54, 1.807) is 0 Å². The van der Waals surface area contributed by atoms with Crippen molar-refractivity contribution in [2.45, 2.75) is 36.2 Å². The summed E-state index contributed by atoms with van der Waals surface area (Å²) in [7, 11) is -1.51. The lowest BCUT2D eigenvalue weighted by Gasteiger charge is -2.16. The molecule has 2 aromatic carbocycles. The van der Waals surface area contributed by atoms with E-state index in [1.165, 1.54) is 17.8 Å². The minimum atomic E-state index is -1.51. The zero-order valence-electron chi connectivity index (χ0n) is 13.6. The molecule has 0 N–H and O–H groups in total. The second-order valence-electron chi connectivity index (χ2n) is 6.47. The molecule has 0 aliphatic carbocycles. The lowest BCUT2D eigenvalue weighted by Crippen LogP contribution is -2.22. The monoisotopic (exact) mass is 365 g/mol. The van der Waals surface area contributed by atoms with E-state index in [9.17, 15) is 13.0 Å². The Morgan fingerprint density at radius 1 is 1.08 bits per heavy atom. The summed E-state index contributed by atoms with van der Waals surface area (Å²) in [6.45, 7) is 5.49. The minimum absolute atomic E-state index is 0.265. The van der Waals surface area contributed by atoms with Crippen molar-refractivity contribution in [1.82, 2.24) is 0 Å². The summed E-state index contributed by atoms with van der Waals surface area (Å²) in [4.78, 5) is 0.915. The second kappa shape index (κ2) is 6.41. The third kappa shape index (κ3) is 3.17. The average molecular weight is 365 g/mol. The quantitative estimate of drug-likeness (QED) is 0.721. The molecule has 0 fully saturated rings. The fraction of sp³-hybridized carbons (Fsp3) is 0.278. The van der Waals surface area contributed by atoms with Crippen molar-refractivity contribution in [3.63, 3.8) is 0 Å². The SMILES string of the molecule is CC(C)(C)[S@](=O)N=C1c2ccccc2SCc2c1ccc(F)c2F. The van der Waals surface area contributed by atoms with Crippen molar-refractivity contribution in [3.8, 4) is 0 Å². The van der Waals surface area contributed by atoms with Gasteiger partial charge in [0.25, 0.3) is 0 Å². The molecule has 0 bridgehead atoms. The molecular formula is C18H17F2NOS2. The molecule has 0 unspecified atom stereocenters. The van der Waals surface area contributed by atoms with Gasteiger partial charge in [0, 0.05) is 27.3 Å². The van der Waals surface area contributed by atoms with Gasteiger partial charge in [0.1, 0.15) is 11.0 Å². The first kappa shape index (κ1) is 17.3. The maximum absolute atomic E-state index is 14.3. The van der Waals surface area contributed by atoms with Gasteiger partial charge < -0.3 is 0 Å². The number of hydrogen-bond acceptors (Lipinski definition) is 2. The molecule has 3 rings (SSSR count). The molecule has 0 aromatic heterocycles. The van der Waals surface area contributed by atoms with E-state index in [0.29, 0.717) is 17.0 Å². The van der Waals surface area contributed by atoms with Crippen molar-refractivity contribution in [3.05, 3.63) is 64.7 Å². The number of halogens is 2. The Kier molecular flexibility index (Phi) is 4.62. The summed E-state index contributed by atoms with van der Waals surface area (Å²) in [6, 6.07) is 10.2. The first-order chi connectivity index (χ1) is 11.3. The molecule has 2 aromatic rings. The Morgan fingerprint density at radius 2 is 1.79 bits per heavy atom. The Morgan fingerprint density at radius 3 is 2.50 bits per heavy atom. The third-order valence-corrected chi connectivity index (χ3v) is 6.16. The largest absolute Gasteiger partial charge is 0.234 e. The predicted octanol–water partition coefficient (Wildman–Crippen LogP) is 4.87. The Labute approximate surface area is 147 Å². The van der Waals surface area contributed by atoms with E-state index in [1.807, 2.05) is 45.0 Å². The third-order valence-electron chi connectivity index (χ3n) is 3.66. The van der Waals surface area contributed by atoms with Crippen LogP contribution in [-0.4, -0.2) is 14.7 Å². The maximum Gasteiger partial charge on any atom is 0.163 e. The molecule has 126 valence electrons. The van der Waals surface area contributed by atoms with E-state index < -0.39 is 27.4 Å². The van der Waals surface area contributed by atoms with Gasteiger partial charge in [-0.25, -0.2) is 13.0 Å². The van der Waals surface area contributed by atoms with Crippen LogP contribution in [0.5, 0.6) is 0 Å². The highest BCUT2D eigenvalue weighted by atomic mass is 32.2. The maximum atomic E-state index is 14.3. The Hall–Kier alpha value is -1.53. The van der Waals surface area contributed by atoms with Crippen LogP contribution in [-0.2, 0) is 16.7 Å². The van der Waals surface area contributed by atoms with Crippen molar-refractivity contribution in [2.24, 2.45) is 4.40 Å². The van der Waals surface area contributed by atoms with Gasteiger partial charge in [-0.3, -0.25) is 0 Å². The Balaban J connectivity index is 2.28. The van der Waals surface area contributed by atoms with Gasteiger partial charge in [0.15, 0.2) is 11.6 Å². The first-order valence-electron chi connectivity index (χ1n) is 7.49. The molecule has 1 aliphatic rings. The van der Waals surface area contributed by atoms with E-state index >= 15 is 0 Å². The molecule has 0 amide bonds. The number of rotatable bonds is 1. The van der Waals surface area contributed by atoms with Gasteiger partial charge in [0.05, 0.1) is 10.5 Å². The molecule has 2 nitrogen and oxygen atoms in total. The highest BCUT2D eigenvalue weighted by Gasteiger charge is 2.27. The topological polar surface area (TPSA) is 29.4 Å². The van der Waals surface area contributed by atoms with E-state index in [2.05, 4.69) is 4.40 Å². The summed E-state index contributed by atoms with van der Waals surface area (Å²) in [5.41, 5.74) is 2.02. The molecule has 0 saturated heterocycles. The summed E-state index contributed by atoms with van der Waals surface area (Å²) in [6.07, 6.45) is 0. The lowest BCUT2D eigenvalue weighted by molar-refractivity contribution is 0.502. The van der Waals surface area contributed by atoms with Crippen LogP contribution in [0.25, 0.3) is 0 Å². The minimum Gasteiger partial charge on any atom is -0.234 e. The van der Waals surface area contributed by atoms with Crippen LogP contribution in [0.2, 0.25) is 0 Å². The highest BCUT2D eigenvalue weighted by molar-refractivity contribution is 7.98. The number of nitrogens with zero attached hydrogens (tertiary/aromatic N) is 1. The molecule has 1 heterocycles. The predicted molar refractivity (Wildman–Crippen MR) is 95.9 cm³/mol. The van der Waals surface area contributed by atoms with Gasteiger partial charge in [-0.05, 0) is 39.0 Å². The van der Waals surface area contributed by atoms with E-state index in [4.69, 9.17) is 0 Å². The van der Waals surface area contributed by atoms with Crippen molar-refractivity contribution < 1.29 is 13.0 Å². The fourth-order valence-electron chi connectivity index (χ4n) is 2.36. The van der Waals surface area contributed by atoms with Crippen molar-refractivity contribution >= 4 is 28.5 Å². The first-order valence-corrected chi connectivity index (χ1v) is 9.58. The van der Waals surface area contributed by atoms with Gasteiger partial charge >= 0.3 is 0 Å². The number of thioether (sulfide) groups is 1. The van der Waals surface area contributed by atoms with Gasteiger partial charge in [-0.15, -0.1) is 11.8 Å². The van der Waals surface area contributed by atoms with Gasteiger partial charge in [0.2, 0.25) is 0 Å². The standard InChI is InChI=1S/C18H17F2NOS2/c1-18(2,3)24(22)21-17-11-8-9-14(19)16(20)13(11)10-23-15-7-5-4-6-12(15)17/h4-9H,10H2,1-3H3/t24-/m0/s1. The smallest absolute Gasteiger partial charge is 0.163 e. The van der Waals surface area contributed by atoms with Crippen LogP contribution in [0.3, 0.4) is 0 Å². The van der Waals surface area contributed by atoms with Gasteiger partial charge in [-0.2, -0.15) is 4.40 Å². The van der Waals surface area contributed by atoms with E-state index in [0.717, 1.165) is 16.5 Å². The number of benzene rings is 2. The highest BCUT2D eigenvalue weighted by Crippen LogP contribution is 2.36. The Bertz CT molecular complexity index is 857. The van der Waals surface area contributed by atoms with Crippen LogP contribution in [0.1, 0.15) is 37.5 Å². The average Bonchev–Trinajstić information content (AvgIpc) is 2.68.